The quantitative estimate of drug-likeness (QED) is 0.629. The Morgan fingerprint density at radius 1 is 1.36 bits per heavy atom. The molecule has 14 heavy (non-hydrogen) atoms. The Morgan fingerprint density at radius 2 is 2.00 bits per heavy atom. The van der Waals surface area contributed by atoms with Crippen LogP contribution in [0.3, 0.4) is 0 Å². The predicted molar refractivity (Wildman–Crippen MR) is 62.8 cm³/mol. The first-order valence-corrected chi connectivity index (χ1v) is 5.68. The van der Waals surface area contributed by atoms with Gasteiger partial charge in [-0.05, 0) is 32.1 Å². The smallest absolute Gasteiger partial charge is 0.0993 e. The molecule has 0 aromatic carbocycles. The van der Waals surface area contributed by atoms with Gasteiger partial charge >= 0.3 is 0 Å². The van der Waals surface area contributed by atoms with Gasteiger partial charge in [-0.25, -0.2) is 0 Å². The van der Waals surface area contributed by atoms with Gasteiger partial charge in [-0.3, -0.25) is 4.99 Å². The summed E-state index contributed by atoms with van der Waals surface area (Å²) in [4.78, 5) is 6.90. The molecule has 0 aromatic heterocycles. The van der Waals surface area contributed by atoms with E-state index in [4.69, 9.17) is 0 Å². The minimum absolute atomic E-state index is 0.429. The van der Waals surface area contributed by atoms with Gasteiger partial charge in [-0.2, -0.15) is 0 Å². The van der Waals surface area contributed by atoms with Crippen molar-refractivity contribution in [2.75, 3.05) is 13.6 Å². The van der Waals surface area contributed by atoms with Crippen molar-refractivity contribution in [1.29, 1.82) is 0 Å². The fourth-order valence-corrected chi connectivity index (χ4v) is 2.24. The van der Waals surface area contributed by atoms with E-state index in [0.717, 1.165) is 6.42 Å². The summed E-state index contributed by atoms with van der Waals surface area (Å²) in [6.07, 6.45) is 3.74. The number of rotatable bonds is 1. The van der Waals surface area contributed by atoms with Gasteiger partial charge in [0.1, 0.15) is 0 Å². The molecule has 1 aliphatic heterocycles. The van der Waals surface area contributed by atoms with Gasteiger partial charge in [0, 0.05) is 26.1 Å². The zero-order valence-electron chi connectivity index (χ0n) is 10.3. The van der Waals surface area contributed by atoms with E-state index in [1.165, 1.54) is 25.2 Å². The van der Waals surface area contributed by atoms with Crippen LogP contribution in [0.4, 0.5) is 0 Å². The number of hydrogen-bond donors (Lipinski definition) is 0. The highest BCUT2D eigenvalue weighted by atomic mass is 15.2. The molecule has 0 N–H and O–H groups in total. The van der Waals surface area contributed by atoms with Gasteiger partial charge in [0.2, 0.25) is 0 Å². The van der Waals surface area contributed by atoms with Gasteiger partial charge in [-0.15, -0.1) is 0 Å². The second kappa shape index (κ2) is 4.33. The van der Waals surface area contributed by atoms with Gasteiger partial charge in [0.15, 0.2) is 0 Å². The SMILES string of the molecule is C/N=C1\CC(C)(C)CCCN1C(C)C. The average Bonchev–Trinajstić information content (AvgIpc) is 2.22. The van der Waals surface area contributed by atoms with Crippen LogP contribution in [-0.2, 0) is 0 Å². The van der Waals surface area contributed by atoms with Crippen LogP contribution in [0.25, 0.3) is 0 Å². The fraction of sp³-hybridized carbons (Fsp3) is 0.917. The maximum atomic E-state index is 4.45. The largest absolute Gasteiger partial charge is 0.358 e. The topological polar surface area (TPSA) is 15.6 Å². The van der Waals surface area contributed by atoms with Crippen molar-refractivity contribution in [2.45, 2.75) is 53.0 Å². The summed E-state index contributed by atoms with van der Waals surface area (Å²) < 4.78 is 0. The predicted octanol–water partition coefficient (Wildman–Crippen LogP) is 2.94. The molecule has 0 bridgehead atoms. The van der Waals surface area contributed by atoms with Crippen LogP contribution < -0.4 is 0 Å². The highest BCUT2D eigenvalue weighted by Gasteiger charge is 2.27. The number of nitrogens with zero attached hydrogens (tertiary/aromatic N) is 2. The summed E-state index contributed by atoms with van der Waals surface area (Å²) in [7, 11) is 1.92. The molecule has 2 heteroatoms. The lowest BCUT2D eigenvalue weighted by molar-refractivity contribution is 0.336. The Labute approximate surface area is 88.4 Å². The van der Waals surface area contributed by atoms with Crippen molar-refractivity contribution in [1.82, 2.24) is 4.90 Å². The normalized spacial score (nSPS) is 25.6. The van der Waals surface area contributed by atoms with E-state index in [1.807, 2.05) is 7.05 Å². The standard InChI is InChI=1S/C12H24N2/c1-10(2)14-8-6-7-12(3,4)9-11(14)13-5/h10H,6-9H2,1-5H3/b13-11+. The first kappa shape index (κ1) is 11.5. The number of amidine groups is 1. The van der Waals surface area contributed by atoms with Crippen LogP contribution in [-0.4, -0.2) is 30.4 Å². The molecule has 1 heterocycles. The Kier molecular flexibility index (Phi) is 3.57. The van der Waals surface area contributed by atoms with Gasteiger partial charge in [0.05, 0.1) is 5.84 Å². The molecule has 0 spiro atoms. The van der Waals surface area contributed by atoms with Crippen molar-refractivity contribution in [3.8, 4) is 0 Å². The van der Waals surface area contributed by atoms with Crippen molar-refractivity contribution < 1.29 is 0 Å². The van der Waals surface area contributed by atoms with Gasteiger partial charge in [-0.1, -0.05) is 13.8 Å². The second-order valence-electron chi connectivity index (χ2n) is 5.37. The van der Waals surface area contributed by atoms with Crippen LogP contribution in [0.15, 0.2) is 4.99 Å². The summed E-state index contributed by atoms with van der Waals surface area (Å²) in [5.41, 5.74) is 0.429. The summed E-state index contributed by atoms with van der Waals surface area (Å²) in [6, 6.07) is 0.586. The summed E-state index contributed by atoms with van der Waals surface area (Å²) in [5, 5.41) is 0. The Balaban J connectivity index is 2.81. The molecule has 1 rings (SSSR count). The van der Waals surface area contributed by atoms with E-state index in [0.29, 0.717) is 11.5 Å². The third kappa shape index (κ3) is 2.73. The van der Waals surface area contributed by atoms with E-state index in [2.05, 4.69) is 37.6 Å². The van der Waals surface area contributed by atoms with Crippen LogP contribution >= 0.6 is 0 Å². The van der Waals surface area contributed by atoms with E-state index in [9.17, 15) is 0 Å². The van der Waals surface area contributed by atoms with E-state index >= 15 is 0 Å². The Morgan fingerprint density at radius 3 is 2.50 bits per heavy atom. The summed E-state index contributed by atoms with van der Waals surface area (Å²) in [5.74, 6) is 1.29. The van der Waals surface area contributed by atoms with Crippen molar-refractivity contribution in [3.63, 3.8) is 0 Å². The Bertz CT molecular complexity index is 216. The third-order valence-corrected chi connectivity index (χ3v) is 3.10. The zero-order valence-corrected chi connectivity index (χ0v) is 10.3. The molecule has 1 saturated heterocycles. The lowest BCUT2D eigenvalue weighted by atomic mass is 9.85. The van der Waals surface area contributed by atoms with Crippen LogP contribution in [0.5, 0.6) is 0 Å². The molecule has 0 aliphatic carbocycles. The second-order valence-corrected chi connectivity index (χ2v) is 5.37. The summed E-state index contributed by atoms with van der Waals surface area (Å²) >= 11 is 0. The minimum atomic E-state index is 0.429. The third-order valence-electron chi connectivity index (χ3n) is 3.10. The average molecular weight is 196 g/mol. The highest BCUT2D eigenvalue weighted by molar-refractivity contribution is 5.83. The molecule has 0 atom stereocenters. The lowest BCUT2D eigenvalue weighted by Crippen LogP contribution is -2.37. The number of aliphatic imine (C=N–C) groups is 1. The minimum Gasteiger partial charge on any atom is -0.358 e. The van der Waals surface area contributed by atoms with E-state index in [-0.39, 0.29) is 0 Å². The molecule has 0 aromatic rings. The molecule has 0 unspecified atom stereocenters. The van der Waals surface area contributed by atoms with E-state index in [1.54, 1.807) is 0 Å². The molecule has 1 fully saturated rings. The monoisotopic (exact) mass is 196 g/mol. The molecular formula is C12H24N2. The lowest BCUT2D eigenvalue weighted by Gasteiger charge is -2.29. The molecule has 1 aliphatic rings. The zero-order chi connectivity index (χ0) is 10.8. The number of hydrogen-bond acceptors (Lipinski definition) is 1. The molecule has 2 nitrogen and oxygen atoms in total. The molecular weight excluding hydrogens is 172 g/mol. The molecule has 0 saturated carbocycles. The fourth-order valence-electron chi connectivity index (χ4n) is 2.24. The maximum absolute atomic E-state index is 4.45. The Hall–Kier alpha value is -0.530. The van der Waals surface area contributed by atoms with Crippen LogP contribution in [0.1, 0.15) is 47.0 Å². The van der Waals surface area contributed by atoms with E-state index < -0.39 is 0 Å². The van der Waals surface area contributed by atoms with Crippen LogP contribution in [0.2, 0.25) is 0 Å². The van der Waals surface area contributed by atoms with Crippen molar-refractivity contribution in [2.24, 2.45) is 10.4 Å². The van der Waals surface area contributed by atoms with Crippen LogP contribution in [0, 0.1) is 5.41 Å². The highest BCUT2D eigenvalue weighted by Crippen LogP contribution is 2.31. The molecule has 0 amide bonds. The molecule has 82 valence electrons. The number of likely N-dealkylation sites (tertiary alicyclic amines) is 1. The van der Waals surface area contributed by atoms with Crippen molar-refractivity contribution in [3.05, 3.63) is 0 Å². The molecule has 0 radical (unpaired) electrons. The maximum Gasteiger partial charge on any atom is 0.0993 e. The van der Waals surface area contributed by atoms with Gasteiger partial charge in [0.25, 0.3) is 0 Å². The van der Waals surface area contributed by atoms with Gasteiger partial charge < -0.3 is 4.90 Å². The first-order valence-electron chi connectivity index (χ1n) is 5.68. The van der Waals surface area contributed by atoms with Crippen molar-refractivity contribution >= 4 is 5.84 Å². The summed E-state index contributed by atoms with van der Waals surface area (Å²) in [6.45, 7) is 10.4. The first-order chi connectivity index (χ1) is 6.46.